The van der Waals surface area contributed by atoms with Crippen molar-refractivity contribution in [1.82, 2.24) is 9.97 Å². The van der Waals surface area contributed by atoms with Gasteiger partial charge in [0.15, 0.2) is 0 Å². The first-order valence-electron chi connectivity index (χ1n) is 10.3. The van der Waals surface area contributed by atoms with Crippen molar-refractivity contribution < 1.29 is 4.79 Å². The van der Waals surface area contributed by atoms with Crippen LogP contribution in [0.2, 0.25) is 0 Å². The number of nitrogens with zero attached hydrogens (tertiary/aromatic N) is 4. The number of aromatic nitrogens is 2. The molecule has 4 rings (SSSR count). The van der Waals surface area contributed by atoms with E-state index in [1.165, 1.54) is 11.1 Å². The predicted molar refractivity (Wildman–Crippen MR) is 125 cm³/mol. The monoisotopic (exact) mass is 404 g/mol. The summed E-state index contributed by atoms with van der Waals surface area (Å²) in [6.07, 6.45) is 7.22. The van der Waals surface area contributed by atoms with Crippen LogP contribution >= 0.6 is 0 Å². The molecular weight excluding hydrogens is 380 g/mol. The van der Waals surface area contributed by atoms with Crippen molar-refractivity contribution in [3.63, 3.8) is 0 Å². The van der Waals surface area contributed by atoms with E-state index in [9.17, 15) is 5.53 Å². The molecule has 0 spiro atoms. The Bertz CT molecular complexity index is 1160. The molecule has 2 aromatic heterocycles. The zero-order valence-corrected chi connectivity index (χ0v) is 18.2. The van der Waals surface area contributed by atoms with E-state index in [0.717, 1.165) is 44.5 Å². The second kappa shape index (κ2) is 8.47. The summed E-state index contributed by atoms with van der Waals surface area (Å²) < 4.78 is 0. The summed E-state index contributed by atoms with van der Waals surface area (Å²) >= 11 is 0. The molecule has 31 heavy (non-hydrogen) atoms. The Labute approximate surface area is 182 Å². The topological polar surface area (TPSA) is 62.2 Å². The quantitative estimate of drug-likeness (QED) is 0.234. The smallest absolute Gasteiger partial charge is 0.329 e. The van der Waals surface area contributed by atoms with E-state index < -0.39 is 0 Å². The standard InChI is InChI=1S/C27H24N4/c1-17-13-23(14-18(2)25(17)21-5-9-29-10-6-21)27(31-28)24-15-19(3)26(20(4)16-24)22-7-11-30-12-8-22/h5-16H,1-4H3. The third-order valence-corrected chi connectivity index (χ3v) is 5.65. The average molecular weight is 405 g/mol. The lowest BCUT2D eigenvalue weighted by Gasteiger charge is -2.13. The largest absolute Gasteiger partial charge is 0.361 e. The van der Waals surface area contributed by atoms with Crippen LogP contribution in [0.15, 0.2) is 73.3 Å². The summed E-state index contributed by atoms with van der Waals surface area (Å²) in [5, 5.41) is 0. The van der Waals surface area contributed by atoms with Crippen molar-refractivity contribution in [2.45, 2.75) is 27.7 Å². The van der Waals surface area contributed by atoms with Crippen LogP contribution in [0.4, 0.5) is 0 Å². The molecule has 0 radical (unpaired) electrons. The number of hydrogen-bond donors (Lipinski definition) is 0. The second-order valence-electron chi connectivity index (χ2n) is 7.89. The highest BCUT2D eigenvalue weighted by molar-refractivity contribution is 6.10. The highest BCUT2D eigenvalue weighted by atomic mass is 14.9. The molecule has 4 heteroatoms. The van der Waals surface area contributed by atoms with Gasteiger partial charge in [0.25, 0.3) is 0 Å². The molecule has 0 aliphatic rings. The molecule has 0 fully saturated rings. The molecule has 0 amide bonds. The van der Waals surface area contributed by atoms with Crippen LogP contribution in [0, 0.1) is 27.7 Å². The van der Waals surface area contributed by atoms with Gasteiger partial charge in [-0.3, -0.25) is 9.97 Å². The van der Waals surface area contributed by atoms with E-state index in [1.54, 1.807) is 24.8 Å². The van der Waals surface area contributed by atoms with Crippen LogP contribution < -0.4 is 0 Å². The third-order valence-electron chi connectivity index (χ3n) is 5.65. The van der Waals surface area contributed by atoms with Crippen LogP contribution in [0.25, 0.3) is 27.8 Å². The summed E-state index contributed by atoms with van der Waals surface area (Å²) in [4.78, 5) is 11.9. The minimum Gasteiger partial charge on any atom is -0.361 e. The molecule has 0 N–H and O–H groups in total. The van der Waals surface area contributed by atoms with Gasteiger partial charge < -0.3 is 5.53 Å². The normalized spacial score (nSPS) is 10.6. The number of hydrogen-bond acceptors (Lipinski definition) is 2. The van der Waals surface area contributed by atoms with Crippen molar-refractivity contribution in [3.05, 3.63) is 112 Å². The van der Waals surface area contributed by atoms with Crippen molar-refractivity contribution in [3.8, 4) is 22.3 Å². The lowest BCUT2D eigenvalue weighted by atomic mass is 9.88. The molecule has 0 aliphatic heterocycles. The molecule has 0 bridgehead atoms. The van der Waals surface area contributed by atoms with Crippen LogP contribution in [0.3, 0.4) is 0 Å². The summed E-state index contributed by atoms with van der Waals surface area (Å²) in [6, 6.07) is 16.4. The van der Waals surface area contributed by atoms with Crippen LogP contribution in [0.1, 0.15) is 33.4 Å². The molecule has 152 valence electrons. The fourth-order valence-corrected chi connectivity index (χ4v) is 4.43. The Balaban J connectivity index is 1.80. The van der Waals surface area contributed by atoms with Gasteiger partial charge in [0, 0.05) is 24.8 Å². The van der Waals surface area contributed by atoms with Crippen LogP contribution in [-0.4, -0.2) is 20.5 Å². The van der Waals surface area contributed by atoms with Gasteiger partial charge in [-0.05, 0) is 121 Å². The SMILES string of the molecule is Cc1cc(C(=[N+]=[N-])c2cc(C)c(-c3ccncc3)c(C)c2)cc(C)c1-c1ccncc1. The van der Waals surface area contributed by atoms with Gasteiger partial charge in [-0.1, -0.05) is 0 Å². The second-order valence-corrected chi connectivity index (χ2v) is 7.89. The highest BCUT2D eigenvalue weighted by Crippen LogP contribution is 2.31. The first-order chi connectivity index (χ1) is 15.0. The summed E-state index contributed by atoms with van der Waals surface area (Å²) in [7, 11) is 0. The molecule has 0 saturated carbocycles. The molecule has 0 saturated heterocycles. The van der Waals surface area contributed by atoms with Crippen molar-refractivity contribution >= 4 is 5.71 Å². The fraction of sp³-hybridized carbons (Fsp3) is 0.148. The van der Waals surface area contributed by atoms with Gasteiger partial charge in [0.1, 0.15) is 0 Å². The Morgan fingerprint density at radius 1 is 0.613 bits per heavy atom. The maximum absolute atomic E-state index is 9.94. The first kappa shape index (κ1) is 20.4. The maximum atomic E-state index is 9.94. The van der Waals surface area contributed by atoms with Crippen LogP contribution in [-0.2, 0) is 0 Å². The molecule has 0 aliphatic carbocycles. The highest BCUT2D eigenvalue weighted by Gasteiger charge is 2.20. The Morgan fingerprint density at radius 3 is 1.23 bits per heavy atom. The number of aryl methyl sites for hydroxylation is 4. The number of benzene rings is 2. The van der Waals surface area contributed by atoms with Gasteiger partial charge in [0.05, 0.1) is 11.1 Å². The molecule has 0 unspecified atom stereocenters. The van der Waals surface area contributed by atoms with Gasteiger partial charge >= 0.3 is 5.71 Å². The summed E-state index contributed by atoms with van der Waals surface area (Å²) in [5.41, 5.74) is 21.4. The Hall–Kier alpha value is -3.88. The molecular formula is C27H24N4. The van der Waals surface area contributed by atoms with E-state index in [4.69, 9.17) is 0 Å². The molecule has 4 nitrogen and oxygen atoms in total. The Kier molecular flexibility index (Phi) is 5.57. The molecule has 2 aromatic carbocycles. The van der Waals surface area contributed by atoms with Crippen LogP contribution in [0.5, 0.6) is 0 Å². The molecule has 4 aromatic rings. The predicted octanol–water partition coefficient (Wildman–Crippen LogP) is 6.11. The lowest BCUT2D eigenvalue weighted by molar-refractivity contribution is -0.00281. The van der Waals surface area contributed by atoms with Gasteiger partial charge in [-0.25, -0.2) is 0 Å². The number of rotatable bonds is 4. The van der Waals surface area contributed by atoms with Gasteiger partial charge in [-0.15, -0.1) is 0 Å². The minimum absolute atomic E-state index is 0.569. The van der Waals surface area contributed by atoms with E-state index in [2.05, 4.69) is 66.7 Å². The summed E-state index contributed by atoms with van der Waals surface area (Å²) in [5.74, 6) is 0. The van der Waals surface area contributed by atoms with Crippen molar-refractivity contribution in [2.75, 3.05) is 0 Å². The van der Waals surface area contributed by atoms with E-state index in [-0.39, 0.29) is 0 Å². The van der Waals surface area contributed by atoms with E-state index in [1.807, 2.05) is 24.3 Å². The molecule has 0 atom stereocenters. The molecule has 2 heterocycles. The van der Waals surface area contributed by atoms with Crippen molar-refractivity contribution in [2.24, 2.45) is 0 Å². The lowest BCUT2D eigenvalue weighted by Crippen LogP contribution is -2.08. The third kappa shape index (κ3) is 3.94. The van der Waals surface area contributed by atoms with Gasteiger partial charge in [-0.2, -0.15) is 4.79 Å². The first-order valence-corrected chi connectivity index (χ1v) is 10.3. The maximum Gasteiger partial charge on any atom is 0.329 e. The van der Waals surface area contributed by atoms with Crippen molar-refractivity contribution in [1.29, 1.82) is 0 Å². The fourth-order valence-electron chi connectivity index (χ4n) is 4.43. The van der Waals surface area contributed by atoms with Gasteiger partial charge in [0.2, 0.25) is 0 Å². The zero-order chi connectivity index (χ0) is 22.0. The summed E-state index contributed by atoms with van der Waals surface area (Å²) in [6.45, 7) is 8.35. The minimum atomic E-state index is 0.569. The Morgan fingerprint density at radius 2 is 0.935 bits per heavy atom. The van der Waals surface area contributed by atoms with E-state index in [0.29, 0.717) is 5.71 Å². The number of pyridine rings is 2. The van der Waals surface area contributed by atoms with E-state index >= 15 is 0 Å². The zero-order valence-electron chi connectivity index (χ0n) is 18.2. The average Bonchev–Trinajstić information content (AvgIpc) is 2.75.